The van der Waals surface area contributed by atoms with Gasteiger partial charge in [-0.1, -0.05) is 19.8 Å². The smallest absolute Gasteiger partial charge is 0.270 e. The molecule has 0 radical (unpaired) electrons. The third-order valence-electron chi connectivity index (χ3n) is 6.23. The summed E-state index contributed by atoms with van der Waals surface area (Å²) in [6.45, 7) is 5.62. The Hall–Kier alpha value is -3.49. The summed E-state index contributed by atoms with van der Waals surface area (Å²) in [5.74, 6) is 0.431. The van der Waals surface area contributed by atoms with E-state index in [1.165, 1.54) is 4.68 Å². The first-order valence-corrected chi connectivity index (χ1v) is 11.3. The lowest BCUT2D eigenvalue weighted by atomic mass is 9.79. The monoisotopic (exact) mass is 451 g/mol. The molecule has 0 spiro atoms. The summed E-state index contributed by atoms with van der Waals surface area (Å²) in [4.78, 5) is 30.5. The highest BCUT2D eigenvalue weighted by Crippen LogP contribution is 2.31. The van der Waals surface area contributed by atoms with Gasteiger partial charge in [0.25, 0.3) is 5.91 Å². The first kappa shape index (κ1) is 24.2. The molecular weight excluding hydrogens is 418 g/mol. The van der Waals surface area contributed by atoms with Crippen LogP contribution in [0.5, 0.6) is 0 Å². The van der Waals surface area contributed by atoms with Gasteiger partial charge in [0.2, 0.25) is 5.91 Å². The van der Waals surface area contributed by atoms with E-state index >= 15 is 0 Å². The zero-order valence-corrected chi connectivity index (χ0v) is 19.7. The molecule has 3 rings (SSSR count). The molecule has 0 bridgehead atoms. The van der Waals surface area contributed by atoms with Crippen LogP contribution in [0.4, 0.5) is 5.82 Å². The predicted molar refractivity (Wildman–Crippen MR) is 129 cm³/mol. The summed E-state index contributed by atoms with van der Waals surface area (Å²) in [5, 5.41) is 17.8. The van der Waals surface area contributed by atoms with Gasteiger partial charge in [-0.15, -0.1) is 0 Å². The third-order valence-corrected chi connectivity index (χ3v) is 6.23. The molecule has 0 unspecified atom stereocenters. The Morgan fingerprint density at radius 1 is 1.18 bits per heavy atom. The van der Waals surface area contributed by atoms with Crippen LogP contribution < -0.4 is 16.4 Å². The van der Waals surface area contributed by atoms with Crippen LogP contribution in [0.3, 0.4) is 0 Å². The third kappa shape index (κ3) is 5.85. The minimum atomic E-state index is -0.674. The van der Waals surface area contributed by atoms with Crippen LogP contribution in [0.1, 0.15) is 62.5 Å². The van der Waals surface area contributed by atoms with Crippen molar-refractivity contribution in [3.8, 4) is 0 Å². The Morgan fingerprint density at radius 2 is 1.88 bits per heavy atom. The molecule has 1 aliphatic rings. The fraction of sp³-hybridized carbons (Fsp3) is 0.458. The molecule has 2 aromatic heterocycles. The topological polar surface area (TPSA) is 139 Å². The van der Waals surface area contributed by atoms with Crippen LogP contribution in [0, 0.1) is 17.2 Å². The molecule has 0 saturated heterocycles. The molecule has 1 saturated carbocycles. The Morgan fingerprint density at radius 3 is 2.39 bits per heavy atom. The molecular formula is C24H33N7O2. The van der Waals surface area contributed by atoms with Gasteiger partial charge in [-0.2, -0.15) is 5.10 Å². The summed E-state index contributed by atoms with van der Waals surface area (Å²) >= 11 is 0. The SMILES string of the molecule is CC(=N)C(=C(C)N)c1ccc(NC(=O)[C@@H](NC(=O)c2ccnn2C)C2CCC(C)CC2)nc1. The second kappa shape index (κ2) is 10.4. The van der Waals surface area contributed by atoms with E-state index < -0.39 is 6.04 Å². The molecule has 0 aliphatic heterocycles. The molecule has 176 valence electrons. The van der Waals surface area contributed by atoms with Gasteiger partial charge in [-0.05, 0) is 56.7 Å². The molecule has 1 atom stereocenters. The van der Waals surface area contributed by atoms with Crippen LogP contribution in [0.25, 0.3) is 5.57 Å². The van der Waals surface area contributed by atoms with E-state index in [-0.39, 0.29) is 17.7 Å². The zero-order chi connectivity index (χ0) is 24.1. The highest BCUT2D eigenvalue weighted by Gasteiger charge is 2.33. The molecule has 1 fully saturated rings. The molecule has 2 amide bonds. The van der Waals surface area contributed by atoms with Gasteiger partial charge in [0, 0.05) is 42.0 Å². The number of hydrogen-bond acceptors (Lipinski definition) is 6. The molecule has 9 heteroatoms. The average molecular weight is 452 g/mol. The van der Waals surface area contributed by atoms with Crippen LogP contribution in [0.15, 0.2) is 36.3 Å². The van der Waals surface area contributed by atoms with Crippen LogP contribution in [0.2, 0.25) is 0 Å². The molecule has 2 heterocycles. The van der Waals surface area contributed by atoms with Crippen molar-refractivity contribution >= 4 is 28.9 Å². The number of nitrogens with zero attached hydrogens (tertiary/aromatic N) is 3. The van der Waals surface area contributed by atoms with Crippen molar-refractivity contribution < 1.29 is 9.59 Å². The first-order chi connectivity index (χ1) is 15.7. The van der Waals surface area contributed by atoms with E-state index in [9.17, 15) is 9.59 Å². The Labute approximate surface area is 194 Å². The number of rotatable bonds is 7. The minimum absolute atomic E-state index is 0.0487. The number of pyridine rings is 1. The van der Waals surface area contributed by atoms with Gasteiger partial charge in [-0.3, -0.25) is 14.3 Å². The summed E-state index contributed by atoms with van der Waals surface area (Å²) in [5.41, 5.74) is 8.53. The summed E-state index contributed by atoms with van der Waals surface area (Å²) < 4.78 is 1.49. The molecule has 5 N–H and O–H groups in total. The average Bonchev–Trinajstić information content (AvgIpc) is 3.19. The molecule has 33 heavy (non-hydrogen) atoms. The van der Waals surface area contributed by atoms with Gasteiger partial charge in [0.1, 0.15) is 17.6 Å². The highest BCUT2D eigenvalue weighted by molar-refractivity contribution is 6.21. The number of aromatic nitrogens is 3. The lowest BCUT2D eigenvalue weighted by molar-refractivity contribution is -0.119. The summed E-state index contributed by atoms with van der Waals surface area (Å²) in [6, 6.07) is 4.41. The van der Waals surface area contributed by atoms with Crippen molar-refractivity contribution in [2.24, 2.45) is 24.6 Å². The van der Waals surface area contributed by atoms with Gasteiger partial charge in [0.05, 0.1) is 0 Å². The number of carbonyl (C=O) groups is 2. The van der Waals surface area contributed by atoms with Crippen molar-refractivity contribution in [3.63, 3.8) is 0 Å². The summed E-state index contributed by atoms with van der Waals surface area (Å²) in [7, 11) is 1.69. The highest BCUT2D eigenvalue weighted by atomic mass is 16.2. The van der Waals surface area contributed by atoms with Crippen molar-refractivity contribution in [1.82, 2.24) is 20.1 Å². The molecule has 0 aromatic carbocycles. The first-order valence-electron chi connectivity index (χ1n) is 11.3. The Balaban J connectivity index is 1.78. The second-order valence-electron chi connectivity index (χ2n) is 8.92. The summed E-state index contributed by atoms with van der Waals surface area (Å²) in [6.07, 6.45) is 6.95. The van der Waals surface area contributed by atoms with Crippen molar-refractivity contribution in [2.45, 2.75) is 52.5 Å². The van der Waals surface area contributed by atoms with Crippen LogP contribution in [-0.2, 0) is 11.8 Å². The van der Waals surface area contributed by atoms with E-state index in [4.69, 9.17) is 11.1 Å². The number of hydrogen-bond donors (Lipinski definition) is 4. The standard InChI is InChI=1S/C24H33N7O2/c1-14-5-7-17(8-6-14)22(30-23(32)19-11-12-28-31(19)4)24(33)29-20-10-9-18(13-27-20)21(15(2)25)16(3)26/h9-14,17,22,25H,5-8,26H2,1-4H3,(H,30,32)(H,27,29,33)/t14?,17?,22-/m0/s1. The molecule has 1 aliphatic carbocycles. The van der Waals surface area contributed by atoms with Gasteiger partial charge < -0.3 is 21.8 Å². The lowest BCUT2D eigenvalue weighted by Gasteiger charge is -2.32. The quantitative estimate of drug-likeness (QED) is 0.479. The maximum Gasteiger partial charge on any atom is 0.270 e. The second-order valence-corrected chi connectivity index (χ2v) is 8.92. The number of carbonyl (C=O) groups excluding carboxylic acids is 2. The Bertz CT molecular complexity index is 1040. The van der Waals surface area contributed by atoms with E-state index in [1.807, 2.05) is 0 Å². The fourth-order valence-electron chi connectivity index (χ4n) is 4.39. The van der Waals surface area contributed by atoms with Gasteiger partial charge in [-0.25, -0.2) is 4.98 Å². The Kier molecular flexibility index (Phi) is 7.63. The van der Waals surface area contributed by atoms with Gasteiger partial charge in [0.15, 0.2) is 0 Å². The number of allylic oxidation sites excluding steroid dienone is 2. The number of nitrogens with two attached hydrogens (primary N) is 1. The number of nitrogens with one attached hydrogen (secondary N) is 3. The van der Waals surface area contributed by atoms with E-state index in [0.29, 0.717) is 40.0 Å². The van der Waals surface area contributed by atoms with E-state index in [0.717, 1.165) is 25.7 Å². The molecule has 2 aromatic rings. The zero-order valence-electron chi connectivity index (χ0n) is 19.7. The van der Waals surface area contributed by atoms with Crippen molar-refractivity contribution in [3.05, 3.63) is 47.5 Å². The largest absolute Gasteiger partial charge is 0.402 e. The maximum absolute atomic E-state index is 13.3. The normalized spacial score (nSPS) is 19.9. The van der Waals surface area contributed by atoms with E-state index in [2.05, 4.69) is 27.6 Å². The van der Waals surface area contributed by atoms with Crippen LogP contribution >= 0.6 is 0 Å². The number of aryl methyl sites for hydroxylation is 1. The molecule has 9 nitrogen and oxygen atoms in total. The predicted octanol–water partition coefficient (Wildman–Crippen LogP) is 3.11. The van der Waals surface area contributed by atoms with Gasteiger partial charge >= 0.3 is 0 Å². The maximum atomic E-state index is 13.3. The van der Waals surface area contributed by atoms with Crippen molar-refractivity contribution in [1.29, 1.82) is 5.41 Å². The van der Waals surface area contributed by atoms with Crippen molar-refractivity contribution in [2.75, 3.05) is 5.32 Å². The van der Waals surface area contributed by atoms with E-state index in [1.54, 1.807) is 51.5 Å². The number of amides is 2. The lowest BCUT2D eigenvalue weighted by Crippen LogP contribution is -2.49. The fourth-order valence-corrected chi connectivity index (χ4v) is 4.39. The minimum Gasteiger partial charge on any atom is -0.402 e. The number of anilines is 1. The van der Waals surface area contributed by atoms with Crippen LogP contribution in [-0.4, -0.2) is 38.3 Å².